The number of methoxy groups -OCH3 is 1. The van der Waals surface area contributed by atoms with E-state index in [2.05, 4.69) is 27.1 Å². The molecule has 0 aliphatic carbocycles. The van der Waals surface area contributed by atoms with E-state index in [1.165, 1.54) is 0 Å². The van der Waals surface area contributed by atoms with E-state index in [1.54, 1.807) is 13.4 Å². The summed E-state index contributed by atoms with van der Waals surface area (Å²) in [7, 11) is 1.67. The molecule has 2 saturated heterocycles. The molecule has 1 aromatic rings. The molecule has 3 heterocycles. The molecular formula is C14H22N4O. The first-order valence-corrected chi connectivity index (χ1v) is 7.09. The second kappa shape index (κ2) is 4.96. The van der Waals surface area contributed by atoms with Gasteiger partial charge in [0.15, 0.2) is 0 Å². The first kappa shape index (κ1) is 12.7. The molecule has 104 valence electrons. The minimum absolute atomic E-state index is 0.582. The van der Waals surface area contributed by atoms with Crippen LogP contribution in [-0.2, 0) is 0 Å². The zero-order valence-electron chi connectivity index (χ0n) is 11.9. The molecule has 0 spiro atoms. The molecule has 0 saturated carbocycles. The normalized spacial score (nSPS) is 29.6. The smallest absolute Gasteiger partial charge is 0.221 e. The second-order valence-corrected chi connectivity index (χ2v) is 5.54. The Kier molecular flexibility index (Phi) is 3.31. The molecule has 0 amide bonds. The van der Waals surface area contributed by atoms with Gasteiger partial charge in [0.05, 0.1) is 12.7 Å². The van der Waals surface area contributed by atoms with Crippen LogP contribution in [0.3, 0.4) is 0 Å². The number of hydrogen-bond donors (Lipinski definition) is 1. The van der Waals surface area contributed by atoms with E-state index in [-0.39, 0.29) is 0 Å². The van der Waals surface area contributed by atoms with Crippen LogP contribution in [0.4, 0.5) is 5.82 Å². The fourth-order valence-electron chi connectivity index (χ4n) is 3.71. The number of ether oxygens (including phenoxy) is 1. The van der Waals surface area contributed by atoms with Gasteiger partial charge >= 0.3 is 0 Å². The highest BCUT2D eigenvalue weighted by Gasteiger charge is 2.44. The topological polar surface area (TPSA) is 50.3 Å². The van der Waals surface area contributed by atoms with Crippen LogP contribution in [0, 0.1) is 18.8 Å². The Bertz CT molecular complexity index is 465. The fourth-order valence-corrected chi connectivity index (χ4v) is 3.71. The van der Waals surface area contributed by atoms with Gasteiger partial charge in [-0.05, 0) is 25.2 Å². The Morgan fingerprint density at radius 2 is 2.26 bits per heavy atom. The molecule has 5 nitrogen and oxygen atoms in total. The summed E-state index contributed by atoms with van der Waals surface area (Å²) in [6, 6.07) is 0.582. The number of anilines is 1. The van der Waals surface area contributed by atoms with Gasteiger partial charge in [-0.15, -0.1) is 0 Å². The molecule has 19 heavy (non-hydrogen) atoms. The third-order valence-electron chi connectivity index (χ3n) is 4.61. The van der Waals surface area contributed by atoms with Crippen LogP contribution in [0.1, 0.15) is 18.9 Å². The summed E-state index contributed by atoms with van der Waals surface area (Å²) in [6.07, 6.45) is 2.77. The third-order valence-corrected chi connectivity index (χ3v) is 4.61. The Hall–Kier alpha value is -1.36. The standard InChI is InChI=1S/C14H22N4O/c1-4-12-11-6-15-5-10(11)7-18(12)13-9(2)14(19-3)17-8-16-13/h8,10-12,15H,4-7H2,1-3H3. The molecule has 2 aliphatic rings. The van der Waals surface area contributed by atoms with Crippen molar-refractivity contribution in [2.75, 3.05) is 31.6 Å². The number of fused-ring (bicyclic) bond motifs is 1. The van der Waals surface area contributed by atoms with Crippen LogP contribution in [0.15, 0.2) is 6.33 Å². The second-order valence-electron chi connectivity index (χ2n) is 5.54. The molecular weight excluding hydrogens is 240 g/mol. The van der Waals surface area contributed by atoms with Crippen molar-refractivity contribution in [3.63, 3.8) is 0 Å². The molecule has 2 aliphatic heterocycles. The van der Waals surface area contributed by atoms with E-state index in [0.29, 0.717) is 11.9 Å². The summed E-state index contributed by atoms with van der Waals surface area (Å²) < 4.78 is 5.32. The molecule has 3 atom stereocenters. The van der Waals surface area contributed by atoms with Crippen molar-refractivity contribution in [2.24, 2.45) is 11.8 Å². The van der Waals surface area contributed by atoms with Crippen LogP contribution in [0.5, 0.6) is 5.88 Å². The number of aromatic nitrogens is 2. The van der Waals surface area contributed by atoms with Crippen molar-refractivity contribution in [3.8, 4) is 5.88 Å². The first-order chi connectivity index (χ1) is 9.26. The quantitative estimate of drug-likeness (QED) is 0.888. The van der Waals surface area contributed by atoms with Crippen molar-refractivity contribution >= 4 is 5.82 Å². The fraction of sp³-hybridized carbons (Fsp3) is 0.714. The van der Waals surface area contributed by atoms with Gasteiger partial charge in [-0.1, -0.05) is 6.92 Å². The molecule has 5 heteroatoms. The molecule has 3 unspecified atom stereocenters. The lowest BCUT2D eigenvalue weighted by atomic mass is 9.93. The van der Waals surface area contributed by atoms with Gasteiger partial charge in [0, 0.05) is 25.7 Å². The maximum absolute atomic E-state index is 5.32. The Morgan fingerprint density at radius 3 is 3.00 bits per heavy atom. The van der Waals surface area contributed by atoms with Gasteiger partial charge < -0.3 is 15.0 Å². The molecule has 3 rings (SSSR count). The third kappa shape index (κ3) is 1.96. The monoisotopic (exact) mass is 262 g/mol. The summed E-state index contributed by atoms with van der Waals surface area (Å²) in [5.74, 6) is 3.25. The van der Waals surface area contributed by atoms with Gasteiger partial charge in [0.1, 0.15) is 12.1 Å². The predicted octanol–water partition coefficient (Wildman–Crippen LogP) is 1.23. The Labute approximate surface area is 114 Å². The highest BCUT2D eigenvalue weighted by Crippen LogP contribution is 2.38. The first-order valence-electron chi connectivity index (χ1n) is 7.09. The zero-order valence-corrected chi connectivity index (χ0v) is 11.9. The molecule has 2 fully saturated rings. The van der Waals surface area contributed by atoms with E-state index in [9.17, 15) is 0 Å². The van der Waals surface area contributed by atoms with Crippen molar-refractivity contribution in [1.82, 2.24) is 15.3 Å². The average Bonchev–Trinajstić information content (AvgIpc) is 2.99. The number of rotatable bonds is 3. The van der Waals surface area contributed by atoms with Gasteiger partial charge in [-0.3, -0.25) is 0 Å². The Balaban J connectivity index is 1.94. The van der Waals surface area contributed by atoms with Crippen LogP contribution in [0.2, 0.25) is 0 Å². The van der Waals surface area contributed by atoms with Crippen molar-refractivity contribution in [1.29, 1.82) is 0 Å². The molecule has 0 radical (unpaired) electrons. The molecule has 1 N–H and O–H groups in total. The van der Waals surface area contributed by atoms with E-state index < -0.39 is 0 Å². The van der Waals surface area contributed by atoms with Gasteiger partial charge in [0.25, 0.3) is 0 Å². The maximum Gasteiger partial charge on any atom is 0.221 e. The largest absolute Gasteiger partial charge is 0.481 e. The number of hydrogen-bond acceptors (Lipinski definition) is 5. The number of nitrogens with zero attached hydrogens (tertiary/aromatic N) is 3. The summed E-state index contributed by atoms with van der Waals surface area (Å²) in [6.45, 7) is 7.69. The van der Waals surface area contributed by atoms with Gasteiger partial charge in [-0.25, -0.2) is 9.97 Å². The van der Waals surface area contributed by atoms with Crippen LogP contribution in [-0.4, -0.2) is 42.8 Å². The SMILES string of the molecule is CCC1C2CNCC2CN1c1ncnc(OC)c1C. The summed E-state index contributed by atoms with van der Waals surface area (Å²) in [5.41, 5.74) is 1.05. The molecule has 1 aromatic heterocycles. The lowest BCUT2D eigenvalue weighted by Gasteiger charge is -2.29. The average molecular weight is 262 g/mol. The molecule has 0 bridgehead atoms. The van der Waals surface area contributed by atoms with E-state index in [0.717, 1.165) is 49.3 Å². The minimum Gasteiger partial charge on any atom is -0.481 e. The van der Waals surface area contributed by atoms with Gasteiger partial charge in [0.2, 0.25) is 5.88 Å². The minimum atomic E-state index is 0.582. The van der Waals surface area contributed by atoms with Crippen LogP contribution < -0.4 is 15.0 Å². The predicted molar refractivity (Wildman–Crippen MR) is 74.6 cm³/mol. The van der Waals surface area contributed by atoms with E-state index in [4.69, 9.17) is 4.74 Å². The number of nitrogens with one attached hydrogen (secondary N) is 1. The van der Waals surface area contributed by atoms with Crippen molar-refractivity contribution < 1.29 is 4.74 Å². The molecule has 0 aromatic carbocycles. The summed E-state index contributed by atoms with van der Waals surface area (Å²) in [4.78, 5) is 11.2. The summed E-state index contributed by atoms with van der Waals surface area (Å²) >= 11 is 0. The summed E-state index contributed by atoms with van der Waals surface area (Å²) in [5, 5.41) is 3.51. The van der Waals surface area contributed by atoms with E-state index >= 15 is 0 Å². The Morgan fingerprint density at radius 1 is 1.42 bits per heavy atom. The maximum atomic E-state index is 5.32. The van der Waals surface area contributed by atoms with Crippen LogP contribution >= 0.6 is 0 Å². The zero-order chi connectivity index (χ0) is 13.4. The lowest BCUT2D eigenvalue weighted by molar-refractivity contribution is 0.392. The van der Waals surface area contributed by atoms with Gasteiger partial charge in [-0.2, -0.15) is 0 Å². The van der Waals surface area contributed by atoms with E-state index in [1.807, 2.05) is 6.92 Å². The lowest BCUT2D eigenvalue weighted by Crippen LogP contribution is -2.36. The van der Waals surface area contributed by atoms with Crippen molar-refractivity contribution in [3.05, 3.63) is 11.9 Å². The van der Waals surface area contributed by atoms with Crippen molar-refractivity contribution in [2.45, 2.75) is 26.3 Å². The highest BCUT2D eigenvalue weighted by atomic mass is 16.5. The highest BCUT2D eigenvalue weighted by molar-refractivity contribution is 5.52. The van der Waals surface area contributed by atoms with Crippen LogP contribution in [0.25, 0.3) is 0 Å².